The van der Waals surface area contributed by atoms with Crippen molar-refractivity contribution in [3.63, 3.8) is 0 Å². The zero-order valence-electron chi connectivity index (χ0n) is 10.9. The Kier molecular flexibility index (Phi) is 4.84. The smallest absolute Gasteiger partial charge is 0.0931 e. The van der Waals surface area contributed by atoms with Gasteiger partial charge in [0, 0.05) is 27.2 Å². The average Bonchev–Trinajstić information content (AvgIpc) is 2.85. The summed E-state index contributed by atoms with van der Waals surface area (Å²) in [7, 11) is 0. The molecular weight excluding hydrogens is 282 g/mol. The van der Waals surface area contributed by atoms with E-state index < -0.39 is 0 Å². The Labute approximate surface area is 122 Å². The van der Waals surface area contributed by atoms with Crippen LogP contribution >= 0.6 is 34.3 Å². The van der Waals surface area contributed by atoms with Crippen LogP contribution in [-0.4, -0.2) is 6.54 Å². The number of halogens is 1. The molecule has 4 heteroatoms. The molecule has 0 aliphatic rings. The number of aryl methyl sites for hydroxylation is 2. The van der Waals surface area contributed by atoms with Gasteiger partial charge in [-0.3, -0.25) is 0 Å². The van der Waals surface area contributed by atoms with Crippen molar-refractivity contribution in [2.24, 2.45) is 0 Å². The highest BCUT2D eigenvalue weighted by Gasteiger charge is 2.10. The summed E-state index contributed by atoms with van der Waals surface area (Å²) in [5.41, 5.74) is 1.43. The first-order chi connectivity index (χ1) is 8.56. The monoisotopic (exact) mass is 299 g/mol. The molecule has 2 rings (SSSR count). The largest absolute Gasteiger partial charge is 0.310 e. The molecule has 1 atom stereocenters. The summed E-state index contributed by atoms with van der Waals surface area (Å²) in [6.07, 6.45) is 1.05. The predicted octanol–water partition coefficient (Wildman–Crippen LogP) is 4.97. The van der Waals surface area contributed by atoms with Crippen LogP contribution in [0.4, 0.5) is 0 Å². The molecule has 0 aliphatic heterocycles. The second-order valence-electron chi connectivity index (χ2n) is 4.50. The van der Waals surface area contributed by atoms with Crippen molar-refractivity contribution < 1.29 is 0 Å². The van der Waals surface area contributed by atoms with E-state index in [2.05, 4.69) is 38.2 Å². The quantitative estimate of drug-likeness (QED) is 0.821. The first kappa shape index (κ1) is 14.1. The summed E-state index contributed by atoms with van der Waals surface area (Å²) in [6.45, 7) is 7.59. The van der Waals surface area contributed by atoms with Crippen LogP contribution in [0, 0.1) is 13.8 Å². The van der Waals surface area contributed by atoms with Crippen LogP contribution in [0.1, 0.15) is 33.2 Å². The minimum atomic E-state index is 0.422. The molecule has 2 heterocycles. The molecule has 98 valence electrons. The number of rotatable bonds is 5. The van der Waals surface area contributed by atoms with Gasteiger partial charge in [0.2, 0.25) is 0 Å². The molecule has 0 amide bonds. The molecule has 0 aliphatic carbocycles. The maximum Gasteiger partial charge on any atom is 0.0931 e. The third-order valence-corrected chi connectivity index (χ3v) is 5.27. The van der Waals surface area contributed by atoms with E-state index in [4.69, 9.17) is 11.6 Å². The van der Waals surface area contributed by atoms with E-state index in [1.807, 2.05) is 17.4 Å². The zero-order valence-corrected chi connectivity index (χ0v) is 13.3. The molecule has 0 bridgehead atoms. The summed E-state index contributed by atoms with van der Waals surface area (Å²) >= 11 is 9.47. The summed E-state index contributed by atoms with van der Waals surface area (Å²) in [6, 6.07) is 6.79. The van der Waals surface area contributed by atoms with Gasteiger partial charge in [0.25, 0.3) is 0 Å². The molecule has 0 aromatic carbocycles. The van der Waals surface area contributed by atoms with Gasteiger partial charge < -0.3 is 5.32 Å². The minimum Gasteiger partial charge on any atom is -0.310 e. The molecule has 1 unspecified atom stereocenters. The Morgan fingerprint density at radius 1 is 1.28 bits per heavy atom. The summed E-state index contributed by atoms with van der Waals surface area (Å²) in [4.78, 5) is 4.16. The van der Waals surface area contributed by atoms with E-state index in [-0.39, 0.29) is 0 Å². The van der Waals surface area contributed by atoms with E-state index in [1.165, 1.54) is 20.2 Å². The fourth-order valence-corrected chi connectivity index (χ4v) is 4.20. The maximum atomic E-state index is 5.92. The van der Waals surface area contributed by atoms with Crippen LogP contribution < -0.4 is 5.32 Å². The highest BCUT2D eigenvalue weighted by atomic mass is 35.5. The molecular formula is C14H18ClNS2. The lowest BCUT2D eigenvalue weighted by atomic mass is 10.1. The van der Waals surface area contributed by atoms with Crippen LogP contribution in [0.5, 0.6) is 0 Å². The van der Waals surface area contributed by atoms with Gasteiger partial charge in [0.05, 0.1) is 4.34 Å². The molecule has 0 saturated carbocycles. The fourth-order valence-electron chi connectivity index (χ4n) is 2.09. The molecule has 2 aromatic rings. The predicted molar refractivity (Wildman–Crippen MR) is 83.2 cm³/mol. The standard InChI is InChI=1S/C14H18ClNS2/c1-9-8-13(11(3)17-9)10(2)16-7-6-12-4-5-14(15)18-12/h4-5,8,10,16H,6-7H2,1-3H3. The minimum absolute atomic E-state index is 0.422. The summed E-state index contributed by atoms with van der Waals surface area (Å²) in [5.74, 6) is 0. The summed E-state index contributed by atoms with van der Waals surface area (Å²) in [5, 5.41) is 3.58. The van der Waals surface area contributed by atoms with Gasteiger partial charge in [-0.1, -0.05) is 11.6 Å². The van der Waals surface area contributed by atoms with Crippen LogP contribution in [0.2, 0.25) is 4.34 Å². The van der Waals surface area contributed by atoms with Gasteiger partial charge >= 0.3 is 0 Å². The van der Waals surface area contributed by atoms with Gasteiger partial charge in [-0.25, -0.2) is 0 Å². The highest BCUT2D eigenvalue weighted by molar-refractivity contribution is 7.16. The number of hydrogen-bond donors (Lipinski definition) is 1. The number of hydrogen-bond acceptors (Lipinski definition) is 3. The number of thiophene rings is 2. The summed E-state index contributed by atoms with van der Waals surface area (Å²) < 4.78 is 0.877. The Morgan fingerprint density at radius 3 is 2.61 bits per heavy atom. The first-order valence-electron chi connectivity index (χ1n) is 6.11. The second-order valence-corrected chi connectivity index (χ2v) is 7.76. The lowest BCUT2D eigenvalue weighted by molar-refractivity contribution is 0.578. The van der Waals surface area contributed by atoms with E-state index in [0.29, 0.717) is 6.04 Å². The SMILES string of the molecule is Cc1cc(C(C)NCCc2ccc(Cl)s2)c(C)s1. The Hall–Kier alpha value is -0.350. The molecule has 0 radical (unpaired) electrons. The third kappa shape index (κ3) is 3.58. The molecule has 1 nitrogen and oxygen atoms in total. The molecule has 1 N–H and O–H groups in total. The van der Waals surface area contributed by atoms with Crippen LogP contribution in [0.3, 0.4) is 0 Å². The molecule has 2 aromatic heterocycles. The third-order valence-electron chi connectivity index (χ3n) is 3.00. The van der Waals surface area contributed by atoms with Crippen LogP contribution in [0.25, 0.3) is 0 Å². The number of nitrogens with one attached hydrogen (secondary N) is 1. The Balaban J connectivity index is 1.85. The average molecular weight is 300 g/mol. The maximum absolute atomic E-state index is 5.92. The van der Waals surface area contributed by atoms with Crippen molar-refractivity contribution in [2.45, 2.75) is 33.2 Å². The van der Waals surface area contributed by atoms with Gasteiger partial charge in [-0.15, -0.1) is 22.7 Å². The van der Waals surface area contributed by atoms with Crippen molar-refractivity contribution in [3.8, 4) is 0 Å². The van der Waals surface area contributed by atoms with Gasteiger partial charge in [-0.2, -0.15) is 0 Å². The topological polar surface area (TPSA) is 12.0 Å². The molecule has 18 heavy (non-hydrogen) atoms. The lowest BCUT2D eigenvalue weighted by Gasteiger charge is -2.13. The van der Waals surface area contributed by atoms with Crippen molar-refractivity contribution in [1.29, 1.82) is 0 Å². The van der Waals surface area contributed by atoms with E-state index in [1.54, 1.807) is 11.3 Å². The zero-order chi connectivity index (χ0) is 13.1. The van der Waals surface area contributed by atoms with Gasteiger partial charge in [0.1, 0.15) is 0 Å². The Morgan fingerprint density at radius 2 is 2.06 bits per heavy atom. The molecule has 0 spiro atoms. The second kappa shape index (κ2) is 6.20. The van der Waals surface area contributed by atoms with Gasteiger partial charge in [-0.05, 0) is 51.0 Å². The molecule has 0 fully saturated rings. The first-order valence-corrected chi connectivity index (χ1v) is 8.12. The highest BCUT2D eigenvalue weighted by Crippen LogP contribution is 2.26. The van der Waals surface area contributed by atoms with E-state index in [9.17, 15) is 0 Å². The lowest BCUT2D eigenvalue weighted by Crippen LogP contribution is -2.21. The van der Waals surface area contributed by atoms with Crippen LogP contribution in [0.15, 0.2) is 18.2 Å². The van der Waals surface area contributed by atoms with E-state index >= 15 is 0 Å². The fraction of sp³-hybridized carbons (Fsp3) is 0.429. The van der Waals surface area contributed by atoms with Crippen LogP contribution in [-0.2, 0) is 6.42 Å². The molecule has 0 saturated heterocycles. The Bertz CT molecular complexity index is 516. The van der Waals surface area contributed by atoms with Crippen molar-refractivity contribution in [1.82, 2.24) is 5.32 Å². The van der Waals surface area contributed by atoms with E-state index in [0.717, 1.165) is 17.3 Å². The normalized spacial score (nSPS) is 12.9. The van der Waals surface area contributed by atoms with Gasteiger partial charge in [0.15, 0.2) is 0 Å². The van der Waals surface area contributed by atoms with Crippen molar-refractivity contribution in [2.75, 3.05) is 6.54 Å². The van der Waals surface area contributed by atoms with Crippen molar-refractivity contribution >= 4 is 34.3 Å². The van der Waals surface area contributed by atoms with Crippen molar-refractivity contribution in [3.05, 3.63) is 42.7 Å².